The SMILES string of the molecule is C.C.C.C.C[SiH]1O[SiH](CC[Si](C)(C)O[Si](C)(C)CC[Si]2(C)O[SiH](C)O[Si](C)(CCCOC3CO3)O[SiH](C)O2)O[SiH](C)O[Si](C)(CC[Si](C)(C)O[Si](C)(C)CC[Si]2(C)O[SiH](C)O[Si](C)(CCCOC3CC3)O[SiH](C)O2)O1. The van der Waals surface area contributed by atoms with Gasteiger partial charge < -0.3 is 71.8 Å². The van der Waals surface area contributed by atoms with Gasteiger partial charge in [-0.25, -0.2) is 0 Å². The van der Waals surface area contributed by atoms with Crippen LogP contribution in [0.5, 0.6) is 0 Å². The first-order valence-electron chi connectivity index (χ1n) is 27.0. The molecule has 0 spiro atoms. The van der Waals surface area contributed by atoms with Crippen LogP contribution >= 0.6 is 0 Å². The van der Waals surface area contributed by atoms with Gasteiger partial charge in [-0.2, -0.15) is 0 Å². The van der Waals surface area contributed by atoms with E-state index in [1.165, 1.54) is 12.8 Å². The van der Waals surface area contributed by atoms with Crippen molar-refractivity contribution in [2.24, 2.45) is 0 Å². The Kier molecular flexibility index (Phi) is 32.1. The van der Waals surface area contributed by atoms with E-state index in [0.29, 0.717) is 19.3 Å². The molecule has 4 heterocycles. The second-order valence-electron chi connectivity index (χ2n) is 24.1. The molecule has 17 nitrogen and oxygen atoms in total. The topological polar surface area (TPSA) is 160 Å². The van der Waals surface area contributed by atoms with Gasteiger partial charge in [-0.1, -0.05) is 29.7 Å². The molecule has 4 aliphatic heterocycles. The van der Waals surface area contributed by atoms with E-state index in [2.05, 4.69) is 124 Å². The highest BCUT2D eigenvalue weighted by molar-refractivity contribution is 6.90. The molecule has 0 amide bonds. The van der Waals surface area contributed by atoms with Gasteiger partial charge in [0.25, 0.3) is 18.6 Å². The third-order valence-corrected chi connectivity index (χ3v) is 75.8. The molecule has 5 rings (SSSR count). The van der Waals surface area contributed by atoms with E-state index in [-0.39, 0.29) is 36.0 Å². The quantitative estimate of drug-likeness (QED) is 0.0457. The normalized spacial score (nSPS) is 36.4. The Bertz CT molecular complexity index is 1610. The van der Waals surface area contributed by atoms with Gasteiger partial charge in [0.05, 0.1) is 6.10 Å². The molecular weight excluding hydrogens is 1230 g/mol. The Hall–Kier alpha value is 2.79. The third kappa shape index (κ3) is 29.0. The standard InChI is InChI=1S/C38H100O17Si16.4CH4/c1-56-42-62(26-29-63(7,8)54-64(9,10)31-34-70(18)52-60(5)48-68(16,49-61(6)53-70)28-21-25-40-38-36-41-38)43-57(2)45-69(17,44-56)33-30-65(11,12)55-66(13,14)32-35-71(19)50-58(3)46-67(15,47-59(4)51-71)27-20-24-39-37-22-23-37;;;;/h37-38,56-62H,20-36H2,1-19H3;4*1H4. The van der Waals surface area contributed by atoms with Gasteiger partial charge >= 0.3 is 89.2 Å². The van der Waals surface area contributed by atoms with E-state index in [4.69, 9.17) is 71.8 Å². The summed E-state index contributed by atoms with van der Waals surface area (Å²) in [4.78, 5) is 0. The fourth-order valence-electron chi connectivity index (χ4n) is 10.4. The zero-order chi connectivity index (χ0) is 52.7. The van der Waals surface area contributed by atoms with Crippen molar-refractivity contribution in [2.45, 2.75) is 253 Å². The summed E-state index contributed by atoms with van der Waals surface area (Å²) in [5.74, 6) is 0. The first kappa shape index (κ1) is 75.8. The molecule has 1 saturated carbocycles. The Morgan fingerprint density at radius 2 is 0.693 bits per heavy atom. The largest absolute Gasteiger partial charge is 0.456 e. The number of rotatable bonds is 26. The molecule has 450 valence electrons. The highest BCUT2D eigenvalue weighted by atomic mass is 28.5. The monoisotopic (exact) mass is 1340 g/mol. The van der Waals surface area contributed by atoms with Crippen molar-refractivity contribution in [1.82, 2.24) is 0 Å². The summed E-state index contributed by atoms with van der Waals surface area (Å²) in [5.41, 5.74) is 0. The van der Waals surface area contributed by atoms with Crippen molar-refractivity contribution in [1.29, 1.82) is 0 Å². The Balaban J connectivity index is 0.00000703. The van der Waals surface area contributed by atoms with Gasteiger partial charge in [0.1, 0.15) is 6.61 Å². The minimum atomic E-state index is -2.55. The average molecular weight is 1340 g/mol. The molecule has 0 aromatic rings. The van der Waals surface area contributed by atoms with Gasteiger partial charge in [0.2, 0.25) is 0 Å². The van der Waals surface area contributed by atoms with Crippen molar-refractivity contribution in [2.75, 3.05) is 19.8 Å². The van der Waals surface area contributed by atoms with Crippen LogP contribution in [0.1, 0.15) is 55.4 Å². The van der Waals surface area contributed by atoms with E-state index in [1.54, 1.807) is 0 Å². The van der Waals surface area contributed by atoms with Crippen LogP contribution in [0.2, 0.25) is 185 Å². The molecule has 0 aromatic carbocycles. The minimum Gasteiger partial charge on any atom is -0.456 e. The molecule has 0 N–H and O–H groups in total. The second kappa shape index (κ2) is 31.8. The molecule has 4 saturated heterocycles. The Morgan fingerprint density at radius 3 is 1.00 bits per heavy atom. The van der Waals surface area contributed by atoms with Crippen LogP contribution in [-0.4, -0.2) is 173 Å². The van der Waals surface area contributed by atoms with Crippen LogP contribution in [0, 0.1) is 0 Å². The van der Waals surface area contributed by atoms with Gasteiger partial charge in [-0.3, -0.25) is 0 Å². The fourth-order valence-corrected chi connectivity index (χ4v) is 87.6. The molecule has 0 aromatic heterocycles. The van der Waals surface area contributed by atoms with Crippen LogP contribution in [0.25, 0.3) is 0 Å². The summed E-state index contributed by atoms with van der Waals surface area (Å²) in [6.45, 7) is 45.0. The lowest BCUT2D eigenvalue weighted by Crippen LogP contribution is -2.58. The molecule has 0 bridgehead atoms. The summed E-state index contributed by atoms with van der Waals surface area (Å²) >= 11 is 0. The lowest BCUT2D eigenvalue weighted by Gasteiger charge is -2.43. The number of hydrogen-bond donors (Lipinski definition) is 0. The molecule has 5 aliphatic rings. The predicted octanol–water partition coefficient (Wildman–Crippen LogP) is 10.6. The molecule has 7 unspecified atom stereocenters. The van der Waals surface area contributed by atoms with Gasteiger partial charge in [0.15, 0.2) is 39.6 Å². The van der Waals surface area contributed by atoms with E-state index in [9.17, 15) is 0 Å². The maximum Gasteiger partial charge on any atom is 0.317 e. The Labute approximate surface area is 481 Å². The summed E-state index contributed by atoms with van der Waals surface area (Å²) in [5, 5.41) is 0. The smallest absolute Gasteiger partial charge is 0.317 e. The summed E-state index contributed by atoms with van der Waals surface area (Å²) in [6.07, 6.45) is 4.72. The molecule has 75 heavy (non-hydrogen) atoms. The summed E-state index contributed by atoms with van der Waals surface area (Å²) in [6, 6.07) is 9.34. The fraction of sp³-hybridized carbons (Fsp3) is 1.00. The van der Waals surface area contributed by atoms with E-state index >= 15 is 0 Å². The third-order valence-electron chi connectivity index (χ3n) is 13.5. The molecule has 1 aliphatic carbocycles. The first-order valence-corrected chi connectivity index (χ1v) is 66.4. The zero-order valence-electron chi connectivity index (χ0n) is 47.7. The molecule has 5 fully saturated rings. The first-order chi connectivity index (χ1) is 32.7. The zero-order valence-corrected chi connectivity index (χ0v) is 64.7. The van der Waals surface area contributed by atoms with Gasteiger partial charge in [-0.05, 0) is 211 Å². The summed E-state index contributed by atoms with van der Waals surface area (Å²) in [7, 11) is -34.5. The number of ether oxygens (including phenoxy) is 3. The number of epoxide rings is 1. The van der Waals surface area contributed by atoms with Gasteiger partial charge in [0, 0.05) is 13.2 Å². The van der Waals surface area contributed by atoms with Crippen molar-refractivity contribution in [3.8, 4) is 0 Å². The summed E-state index contributed by atoms with van der Waals surface area (Å²) < 4.78 is 113. The maximum absolute atomic E-state index is 7.23. The van der Waals surface area contributed by atoms with Crippen LogP contribution < -0.4 is 0 Å². The van der Waals surface area contributed by atoms with Crippen molar-refractivity contribution >= 4 is 141 Å². The average Bonchev–Trinajstić information content (AvgIpc) is 4.13. The molecular formula is C42H116O17Si16. The van der Waals surface area contributed by atoms with E-state index in [0.717, 1.165) is 79.9 Å². The molecule has 7 atom stereocenters. The minimum absolute atomic E-state index is 0. The van der Waals surface area contributed by atoms with Crippen molar-refractivity contribution in [3.05, 3.63) is 0 Å². The van der Waals surface area contributed by atoms with Crippen LogP contribution in [0.3, 0.4) is 0 Å². The molecule has 33 heteroatoms. The second-order valence-corrected chi connectivity index (χ2v) is 75.5. The van der Waals surface area contributed by atoms with E-state index in [1.807, 2.05) is 0 Å². The van der Waals surface area contributed by atoms with Crippen molar-refractivity contribution in [3.63, 3.8) is 0 Å². The lowest BCUT2D eigenvalue weighted by atomic mass is 10.5. The van der Waals surface area contributed by atoms with E-state index < -0.39 is 141 Å². The lowest BCUT2D eigenvalue weighted by molar-refractivity contribution is 0.0499. The predicted molar refractivity (Wildman–Crippen MR) is 347 cm³/mol. The van der Waals surface area contributed by atoms with Crippen LogP contribution in [0.4, 0.5) is 0 Å². The van der Waals surface area contributed by atoms with Crippen LogP contribution in [-0.2, 0) is 71.8 Å². The maximum atomic E-state index is 7.23. The van der Waals surface area contributed by atoms with Crippen LogP contribution in [0.15, 0.2) is 0 Å². The number of hydrogen-bond acceptors (Lipinski definition) is 17. The highest BCUT2D eigenvalue weighted by Gasteiger charge is 2.50. The van der Waals surface area contributed by atoms with Gasteiger partial charge in [-0.15, -0.1) is 0 Å². The van der Waals surface area contributed by atoms with Crippen molar-refractivity contribution < 1.29 is 71.8 Å². The molecule has 0 radical (unpaired) electrons. The highest BCUT2D eigenvalue weighted by Crippen LogP contribution is 2.36. The Morgan fingerprint density at radius 1 is 0.413 bits per heavy atom.